The first kappa shape index (κ1) is 19.2. The minimum atomic E-state index is -1.21. The number of carboxylic acid groups (broad SMARTS) is 1. The summed E-state index contributed by atoms with van der Waals surface area (Å²) in [5.41, 5.74) is 0. The van der Waals surface area contributed by atoms with E-state index in [0.717, 1.165) is 12.8 Å². The van der Waals surface area contributed by atoms with Gasteiger partial charge < -0.3 is 24.6 Å². The van der Waals surface area contributed by atoms with Crippen LogP contribution in [0.1, 0.15) is 33.6 Å². The van der Waals surface area contributed by atoms with Crippen molar-refractivity contribution in [2.24, 2.45) is 0 Å². The van der Waals surface area contributed by atoms with Crippen LogP contribution in [0.5, 0.6) is 0 Å². The lowest BCUT2D eigenvalue weighted by Crippen LogP contribution is -2.55. The summed E-state index contributed by atoms with van der Waals surface area (Å²) in [6, 6.07) is -0.642. The molecule has 130 valence electrons. The summed E-state index contributed by atoms with van der Waals surface area (Å²) in [5.74, 6) is -1.75. The van der Waals surface area contributed by atoms with Crippen molar-refractivity contribution in [2.75, 3.05) is 6.61 Å². The van der Waals surface area contributed by atoms with Gasteiger partial charge in [-0.05, 0) is 18.9 Å². The van der Waals surface area contributed by atoms with E-state index >= 15 is 0 Å². The van der Waals surface area contributed by atoms with Gasteiger partial charge in [-0.3, -0.25) is 4.79 Å². The van der Waals surface area contributed by atoms with E-state index in [2.05, 4.69) is 11.9 Å². The van der Waals surface area contributed by atoms with E-state index < -0.39 is 24.4 Å². The van der Waals surface area contributed by atoms with E-state index in [1.165, 1.54) is 13.0 Å². The summed E-state index contributed by atoms with van der Waals surface area (Å²) < 4.78 is 16.8. The van der Waals surface area contributed by atoms with E-state index in [0.29, 0.717) is 0 Å². The maximum Gasteiger partial charge on any atom is 0.371 e. The van der Waals surface area contributed by atoms with Crippen LogP contribution in [-0.4, -0.2) is 48.1 Å². The van der Waals surface area contributed by atoms with Crippen LogP contribution < -0.4 is 5.32 Å². The van der Waals surface area contributed by atoms with Crippen LogP contribution in [0, 0.1) is 0 Å². The topological polar surface area (TPSA) is 94.1 Å². The first-order chi connectivity index (χ1) is 10.9. The second-order valence-electron chi connectivity index (χ2n) is 5.21. The SMILES string of the molecule is C=CCO[C@H]1C=C(C(=O)O)O[C@@H](OC(CC)CC)[C@@H]1NC(C)=O. The molecule has 7 nitrogen and oxygen atoms in total. The summed E-state index contributed by atoms with van der Waals surface area (Å²) in [4.78, 5) is 22.7. The summed E-state index contributed by atoms with van der Waals surface area (Å²) in [5, 5.41) is 11.9. The van der Waals surface area contributed by atoms with Crippen LogP contribution in [0.25, 0.3) is 0 Å². The molecule has 0 aromatic carbocycles. The van der Waals surface area contributed by atoms with E-state index in [9.17, 15) is 14.7 Å². The van der Waals surface area contributed by atoms with E-state index in [-0.39, 0.29) is 24.4 Å². The van der Waals surface area contributed by atoms with Gasteiger partial charge in [0.05, 0.1) is 12.7 Å². The Morgan fingerprint density at radius 3 is 2.61 bits per heavy atom. The molecule has 0 radical (unpaired) electrons. The Morgan fingerprint density at radius 2 is 2.13 bits per heavy atom. The van der Waals surface area contributed by atoms with Gasteiger partial charge in [-0.25, -0.2) is 4.79 Å². The fourth-order valence-electron chi connectivity index (χ4n) is 2.27. The van der Waals surface area contributed by atoms with Crippen LogP contribution in [0.4, 0.5) is 0 Å². The molecule has 0 unspecified atom stereocenters. The Morgan fingerprint density at radius 1 is 1.48 bits per heavy atom. The Bertz CT molecular complexity index is 457. The van der Waals surface area contributed by atoms with Crippen molar-refractivity contribution in [2.45, 2.75) is 58.2 Å². The predicted octanol–water partition coefficient (Wildman–Crippen LogP) is 1.59. The van der Waals surface area contributed by atoms with Crippen LogP contribution in [0.2, 0.25) is 0 Å². The van der Waals surface area contributed by atoms with E-state index in [1.807, 2.05) is 13.8 Å². The fraction of sp³-hybridized carbons (Fsp3) is 0.625. The van der Waals surface area contributed by atoms with Crippen molar-refractivity contribution in [1.82, 2.24) is 5.32 Å². The van der Waals surface area contributed by atoms with Crippen LogP contribution >= 0.6 is 0 Å². The summed E-state index contributed by atoms with van der Waals surface area (Å²) in [6.07, 6.45) is 2.64. The van der Waals surface area contributed by atoms with Gasteiger partial charge in [0.15, 0.2) is 0 Å². The average molecular weight is 327 g/mol. The maximum atomic E-state index is 11.5. The maximum absolute atomic E-state index is 11.5. The third kappa shape index (κ3) is 5.69. The molecule has 1 rings (SSSR count). The standard InChI is InChI=1S/C16H25NO6/c1-5-8-21-12-9-13(15(19)20)23-16(14(12)17-10(4)18)22-11(6-2)7-3/h5,9,11-12,14,16H,1,6-8H2,2-4H3,(H,17,18)(H,19,20)/t12-,14+,16+/m0/s1. The van der Waals surface area contributed by atoms with Crippen molar-refractivity contribution in [3.8, 4) is 0 Å². The Balaban J connectivity index is 3.06. The number of carboxylic acids is 1. The number of hydrogen-bond acceptors (Lipinski definition) is 5. The molecule has 0 fully saturated rings. The molecule has 0 aromatic heterocycles. The molecule has 0 bridgehead atoms. The molecular weight excluding hydrogens is 302 g/mol. The van der Waals surface area contributed by atoms with Gasteiger partial charge in [0.2, 0.25) is 18.0 Å². The Labute approximate surface area is 136 Å². The lowest BCUT2D eigenvalue weighted by Gasteiger charge is -2.37. The molecular formula is C16H25NO6. The highest BCUT2D eigenvalue weighted by molar-refractivity contribution is 5.84. The first-order valence-electron chi connectivity index (χ1n) is 7.69. The van der Waals surface area contributed by atoms with Gasteiger partial charge in [0.25, 0.3) is 0 Å². The van der Waals surface area contributed by atoms with E-state index in [4.69, 9.17) is 14.2 Å². The summed E-state index contributed by atoms with van der Waals surface area (Å²) >= 11 is 0. The first-order valence-corrected chi connectivity index (χ1v) is 7.69. The lowest BCUT2D eigenvalue weighted by molar-refractivity contribution is -0.196. The lowest BCUT2D eigenvalue weighted by atomic mass is 10.1. The largest absolute Gasteiger partial charge is 0.475 e. The summed E-state index contributed by atoms with van der Waals surface area (Å²) in [7, 11) is 0. The van der Waals surface area contributed by atoms with E-state index in [1.54, 1.807) is 6.08 Å². The average Bonchev–Trinajstić information content (AvgIpc) is 2.51. The molecule has 0 saturated heterocycles. The number of ether oxygens (including phenoxy) is 3. The predicted molar refractivity (Wildman–Crippen MR) is 83.6 cm³/mol. The van der Waals surface area contributed by atoms with Crippen molar-refractivity contribution in [1.29, 1.82) is 0 Å². The second-order valence-corrected chi connectivity index (χ2v) is 5.21. The van der Waals surface area contributed by atoms with Crippen molar-refractivity contribution >= 4 is 11.9 Å². The van der Waals surface area contributed by atoms with Gasteiger partial charge >= 0.3 is 5.97 Å². The molecule has 23 heavy (non-hydrogen) atoms. The second kappa shape index (κ2) is 9.32. The number of carbonyl (C=O) groups excluding carboxylic acids is 1. The molecule has 0 saturated carbocycles. The number of nitrogens with one attached hydrogen (secondary N) is 1. The zero-order valence-electron chi connectivity index (χ0n) is 13.8. The van der Waals surface area contributed by atoms with Gasteiger partial charge in [-0.1, -0.05) is 19.9 Å². The molecule has 0 aliphatic carbocycles. The highest BCUT2D eigenvalue weighted by Crippen LogP contribution is 2.24. The van der Waals surface area contributed by atoms with Crippen molar-refractivity contribution in [3.63, 3.8) is 0 Å². The molecule has 2 N–H and O–H groups in total. The minimum Gasteiger partial charge on any atom is -0.475 e. The molecule has 0 aromatic rings. The molecule has 3 atom stereocenters. The minimum absolute atomic E-state index is 0.107. The highest BCUT2D eigenvalue weighted by atomic mass is 16.7. The molecule has 0 spiro atoms. The highest BCUT2D eigenvalue weighted by Gasteiger charge is 2.39. The zero-order valence-corrected chi connectivity index (χ0v) is 13.8. The normalized spacial score (nSPS) is 23.8. The molecule has 1 heterocycles. The fourth-order valence-corrected chi connectivity index (χ4v) is 2.27. The number of rotatable bonds is 9. The van der Waals surface area contributed by atoms with Crippen LogP contribution in [0.3, 0.4) is 0 Å². The van der Waals surface area contributed by atoms with Crippen molar-refractivity contribution in [3.05, 3.63) is 24.5 Å². The zero-order chi connectivity index (χ0) is 17.4. The molecule has 1 amide bonds. The number of carbonyl (C=O) groups is 2. The van der Waals surface area contributed by atoms with Crippen molar-refractivity contribution < 1.29 is 28.9 Å². The molecule has 1 aliphatic rings. The molecule has 1 aliphatic heterocycles. The third-order valence-corrected chi connectivity index (χ3v) is 3.43. The summed E-state index contributed by atoms with van der Waals surface area (Å²) in [6.45, 7) is 9.07. The van der Waals surface area contributed by atoms with Gasteiger partial charge in [-0.15, -0.1) is 6.58 Å². The number of amides is 1. The quantitative estimate of drug-likeness (QED) is 0.625. The monoisotopic (exact) mass is 327 g/mol. The Kier molecular flexibility index (Phi) is 7.77. The Hall–Kier alpha value is -1.86. The van der Waals surface area contributed by atoms with Crippen LogP contribution in [-0.2, 0) is 23.8 Å². The van der Waals surface area contributed by atoms with Crippen LogP contribution in [0.15, 0.2) is 24.5 Å². The smallest absolute Gasteiger partial charge is 0.371 e. The van der Waals surface area contributed by atoms with Gasteiger partial charge in [-0.2, -0.15) is 0 Å². The third-order valence-electron chi connectivity index (χ3n) is 3.43. The number of hydrogen-bond donors (Lipinski definition) is 2. The molecule has 7 heteroatoms. The van der Waals surface area contributed by atoms with Gasteiger partial charge in [0, 0.05) is 6.92 Å². The number of aliphatic carboxylic acids is 1. The van der Waals surface area contributed by atoms with Gasteiger partial charge in [0.1, 0.15) is 12.1 Å².